The summed E-state index contributed by atoms with van der Waals surface area (Å²) in [6.45, 7) is 5.06. The smallest absolute Gasteiger partial charge is 0.254 e. The van der Waals surface area contributed by atoms with Crippen molar-refractivity contribution >= 4 is 5.91 Å². The summed E-state index contributed by atoms with van der Waals surface area (Å²) in [5.74, 6) is 2.18. The summed E-state index contributed by atoms with van der Waals surface area (Å²) in [7, 11) is 0. The van der Waals surface area contributed by atoms with Crippen LogP contribution in [0.4, 0.5) is 0 Å². The molecule has 4 heteroatoms. The lowest BCUT2D eigenvalue weighted by Crippen LogP contribution is -2.39. The van der Waals surface area contributed by atoms with E-state index in [0.717, 1.165) is 31.7 Å². The molecular formula is C16H21NO3. The van der Waals surface area contributed by atoms with Gasteiger partial charge in [-0.3, -0.25) is 4.79 Å². The molecule has 0 spiro atoms. The van der Waals surface area contributed by atoms with Crippen LogP contribution in [0.1, 0.15) is 36.5 Å². The first-order valence-electron chi connectivity index (χ1n) is 7.47. The van der Waals surface area contributed by atoms with Gasteiger partial charge in [-0.05, 0) is 37.0 Å². The second-order valence-electron chi connectivity index (χ2n) is 5.53. The molecule has 0 bridgehead atoms. The largest absolute Gasteiger partial charge is 0.486 e. The minimum absolute atomic E-state index is 0.111. The predicted molar refractivity (Wildman–Crippen MR) is 76.4 cm³/mol. The van der Waals surface area contributed by atoms with Crippen LogP contribution < -0.4 is 9.47 Å². The molecule has 1 aromatic carbocycles. The molecule has 0 saturated carbocycles. The van der Waals surface area contributed by atoms with Crippen LogP contribution in [-0.4, -0.2) is 37.1 Å². The number of hydrogen-bond donors (Lipinski definition) is 0. The molecule has 2 aliphatic rings. The lowest BCUT2D eigenvalue weighted by Gasteiger charge is -2.32. The van der Waals surface area contributed by atoms with E-state index < -0.39 is 0 Å². The summed E-state index contributed by atoms with van der Waals surface area (Å²) in [5.41, 5.74) is 0.700. The van der Waals surface area contributed by atoms with Crippen molar-refractivity contribution in [1.82, 2.24) is 4.90 Å². The molecule has 2 aliphatic heterocycles. The molecule has 1 saturated heterocycles. The highest BCUT2D eigenvalue weighted by Gasteiger charge is 2.24. The Bertz CT molecular complexity index is 500. The topological polar surface area (TPSA) is 38.8 Å². The van der Waals surface area contributed by atoms with Crippen LogP contribution in [-0.2, 0) is 0 Å². The summed E-state index contributed by atoms with van der Waals surface area (Å²) < 4.78 is 11.0. The molecule has 0 N–H and O–H groups in total. The second kappa shape index (κ2) is 5.73. The van der Waals surface area contributed by atoms with Gasteiger partial charge in [0.25, 0.3) is 5.91 Å². The molecule has 2 heterocycles. The molecule has 0 radical (unpaired) electrons. The van der Waals surface area contributed by atoms with Gasteiger partial charge in [-0.2, -0.15) is 0 Å². The average Bonchev–Trinajstić information content (AvgIpc) is 2.53. The highest BCUT2D eigenvalue weighted by atomic mass is 16.6. The highest BCUT2D eigenvalue weighted by molar-refractivity contribution is 5.95. The Labute approximate surface area is 119 Å². The number of rotatable bonds is 2. The molecule has 3 rings (SSSR count). The quantitative estimate of drug-likeness (QED) is 0.833. The van der Waals surface area contributed by atoms with E-state index in [1.807, 2.05) is 23.1 Å². The van der Waals surface area contributed by atoms with Gasteiger partial charge >= 0.3 is 0 Å². The Morgan fingerprint density at radius 1 is 1.30 bits per heavy atom. The van der Waals surface area contributed by atoms with Crippen molar-refractivity contribution in [3.63, 3.8) is 0 Å². The Kier molecular flexibility index (Phi) is 3.81. The number of carbonyl (C=O) groups is 1. The van der Waals surface area contributed by atoms with E-state index in [1.54, 1.807) is 0 Å². The predicted octanol–water partition coefficient (Wildman–Crippen LogP) is 2.72. The van der Waals surface area contributed by atoms with E-state index in [1.165, 1.54) is 6.42 Å². The van der Waals surface area contributed by atoms with Crippen LogP contribution in [0.2, 0.25) is 0 Å². The van der Waals surface area contributed by atoms with Crippen molar-refractivity contribution in [2.75, 3.05) is 26.3 Å². The van der Waals surface area contributed by atoms with Crippen LogP contribution in [0.3, 0.4) is 0 Å². The third kappa shape index (κ3) is 2.60. The SMILES string of the molecule is CCC1CCCN(C(=O)c2ccc3c(c2)OCCO3)C1. The first-order chi connectivity index (χ1) is 9.78. The van der Waals surface area contributed by atoms with Crippen molar-refractivity contribution < 1.29 is 14.3 Å². The summed E-state index contributed by atoms with van der Waals surface area (Å²) in [6, 6.07) is 5.49. The Hall–Kier alpha value is -1.71. The number of benzene rings is 1. The van der Waals surface area contributed by atoms with Crippen LogP contribution >= 0.6 is 0 Å². The minimum Gasteiger partial charge on any atom is -0.486 e. The lowest BCUT2D eigenvalue weighted by molar-refractivity contribution is 0.0670. The van der Waals surface area contributed by atoms with E-state index in [2.05, 4.69) is 6.92 Å². The second-order valence-corrected chi connectivity index (χ2v) is 5.53. The zero-order chi connectivity index (χ0) is 13.9. The monoisotopic (exact) mass is 275 g/mol. The molecule has 1 unspecified atom stereocenters. The van der Waals surface area contributed by atoms with Gasteiger partial charge in [-0.25, -0.2) is 0 Å². The third-order valence-electron chi connectivity index (χ3n) is 4.17. The third-order valence-corrected chi connectivity index (χ3v) is 4.17. The summed E-state index contributed by atoms with van der Waals surface area (Å²) >= 11 is 0. The summed E-state index contributed by atoms with van der Waals surface area (Å²) in [6.07, 6.45) is 3.49. The van der Waals surface area contributed by atoms with Gasteiger partial charge in [-0.1, -0.05) is 13.3 Å². The van der Waals surface area contributed by atoms with Gasteiger partial charge in [-0.15, -0.1) is 0 Å². The fourth-order valence-electron chi connectivity index (χ4n) is 2.94. The van der Waals surface area contributed by atoms with E-state index in [4.69, 9.17) is 9.47 Å². The van der Waals surface area contributed by atoms with Crippen molar-refractivity contribution in [3.8, 4) is 11.5 Å². The number of hydrogen-bond acceptors (Lipinski definition) is 3. The highest BCUT2D eigenvalue weighted by Crippen LogP contribution is 2.31. The Morgan fingerprint density at radius 3 is 2.90 bits per heavy atom. The number of ether oxygens (including phenoxy) is 2. The first-order valence-corrected chi connectivity index (χ1v) is 7.47. The lowest BCUT2D eigenvalue weighted by atomic mass is 9.95. The zero-order valence-corrected chi connectivity index (χ0v) is 11.9. The first kappa shape index (κ1) is 13.3. The van der Waals surface area contributed by atoms with Gasteiger partial charge in [0.1, 0.15) is 13.2 Å². The van der Waals surface area contributed by atoms with Crippen LogP contribution in [0, 0.1) is 5.92 Å². The van der Waals surface area contributed by atoms with Gasteiger partial charge in [0.2, 0.25) is 0 Å². The molecular weight excluding hydrogens is 254 g/mol. The standard InChI is InChI=1S/C16H21NO3/c1-2-12-4-3-7-17(11-12)16(18)13-5-6-14-15(10-13)20-9-8-19-14/h5-6,10,12H,2-4,7-9,11H2,1H3. The molecule has 1 aromatic rings. The fourth-order valence-corrected chi connectivity index (χ4v) is 2.94. The fraction of sp³-hybridized carbons (Fsp3) is 0.562. The number of carbonyl (C=O) groups excluding carboxylic acids is 1. The van der Waals surface area contributed by atoms with Crippen molar-refractivity contribution in [1.29, 1.82) is 0 Å². The molecule has 4 nitrogen and oxygen atoms in total. The van der Waals surface area contributed by atoms with E-state index in [0.29, 0.717) is 30.4 Å². The van der Waals surface area contributed by atoms with Crippen LogP contribution in [0.5, 0.6) is 11.5 Å². The normalized spacial score (nSPS) is 21.6. The maximum absolute atomic E-state index is 12.6. The number of amides is 1. The summed E-state index contributed by atoms with van der Waals surface area (Å²) in [5, 5.41) is 0. The van der Waals surface area contributed by atoms with E-state index >= 15 is 0 Å². The van der Waals surface area contributed by atoms with Gasteiger partial charge in [0, 0.05) is 18.7 Å². The number of likely N-dealkylation sites (tertiary alicyclic amines) is 1. The minimum atomic E-state index is 0.111. The summed E-state index contributed by atoms with van der Waals surface area (Å²) in [4.78, 5) is 14.6. The molecule has 108 valence electrons. The van der Waals surface area contributed by atoms with Gasteiger partial charge in [0.05, 0.1) is 0 Å². The molecule has 0 aliphatic carbocycles. The maximum Gasteiger partial charge on any atom is 0.254 e. The molecule has 0 aromatic heterocycles. The Balaban J connectivity index is 1.76. The van der Waals surface area contributed by atoms with Crippen LogP contribution in [0.15, 0.2) is 18.2 Å². The average molecular weight is 275 g/mol. The zero-order valence-electron chi connectivity index (χ0n) is 11.9. The molecule has 1 amide bonds. The Morgan fingerprint density at radius 2 is 2.10 bits per heavy atom. The van der Waals surface area contributed by atoms with Crippen LogP contribution in [0.25, 0.3) is 0 Å². The van der Waals surface area contributed by atoms with Gasteiger partial charge in [0.15, 0.2) is 11.5 Å². The molecule has 1 atom stereocenters. The van der Waals surface area contributed by atoms with E-state index in [-0.39, 0.29) is 5.91 Å². The number of piperidine rings is 1. The van der Waals surface area contributed by atoms with Gasteiger partial charge < -0.3 is 14.4 Å². The van der Waals surface area contributed by atoms with Crippen molar-refractivity contribution in [2.45, 2.75) is 26.2 Å². The van der Waals surface area contributed by atoms with Crippen molar-refractivity contribution in [3.05, 3.63) is 23.8 Å². The number of nitrogens with zero attached hydrogens (tertiary/aromatic N) is 1. The molecule has 20 heavy (non-hydrogen) atoms. The maximum atomic E-state index is 12.6. The number of fused-ring (bicyclic) bond motifs is 1. The van der Waals surface area contributed by atoms with Crippen molar-refractivity contribution in [2.24, 2.45) is 5.92 Å². The van der Waals surface area contributed by atoms with E-state index in [9.17, 15) is 4.79 Å². The molecule has 1 fully saturated rings.